The molecule has 0 saturated carbocycles. The number of fused-ring (bicyclic) bond motifs is 1. The highest BCUT2D eigenvalue weighted by atomic mass is 79.9. The molecule has 0 N–H and O–H groups in total. The fourth-order valence-electron chi connectivity index (χ4n) is 2.81. The highest BCUT2D eigenvalue weighted by Crippen LogP contribution is 2.39. The van der Waals surface area contributed by atoms with Crippen molar-refractivity contribution in [2.75, 3.05) is 0 Å². The summed E-state index contributed by atoms with van der Waals surface area (Å²) in [7, 11) is 0. The average molecular weight is 331 g/mol. The fraction of sp³-hybridized carbons (Fsp3) is 0.333. The second kappa shape index (κ2) is 4.92. The van der Waals surface area contributed by atoms with Crippen LogP contribution in [0.25, 0.3) is 0 Å². The number of benzene rings is 2. The molecule has 2 heteroatoms. The molecule has 1 atom stereocenters. The van der Waals surface area contributed by atoms with Crippen LogP contribution in [0.4, 0.5) is 0 Å². The van der Waals surface area contributed by atoms with E-state index in [1.54, 1.807) is 0 Å². The van der Waals surface area contributed by atoms with E-state index >= 15 is 0 Å². The first-order valence-corrected chi connectivity index (χ1v) is 7.89. The zero-order valence-electron chi connectivity index (χ0n) is 12.1. The van der Waals surface area contributed by atoms with Crippen molar-refractivity contribution in [3.8, 4) is 5.75 Å². The van der Waals surface area contributed by atoms with Gasteiger partial charge in [-0.15, -0.1) is 0 Å². The zero-order valence-corrected chi connectivity index (χ0v) is 13.7. The standard InChI is InChI=1S/C18H19BrO/c1-12-5-4-6-13(9-12)17(19)14-7-8-16-15(10-14)11-18(2,3)20-16/h4-10,17H,11H2,1-3H3. The van der Waals surface area contributed by atoms with Gasteiger partial charge in [0, 0.05) is 6.42 Å². The summed E-state index contributed by atoms with van der Waals surface area (Å²) in [4.78, 5) is 0.233. The monoisotopic (exact) mass is 330 g/mol. The molecule has 1 unspecified atom stereocenters. The molecule has 0 aliphatic carbocycles. The lowest BCUT2D eigenvalue weighted by Gasteiger charge is -2.16. The van der Waals surface area contributed by atoms with Crippen molar-refractivity contribution >= 4 is 15.9 Å². The maximum Gasteiger partial charge on any atom is 0.123 e. The zero-order chi connectivity index (χ0) is 14.3. The lowest BCUT2D eigenvalue weighted by atomic mass is 9.97. The molecule has 104 valence electrons. The normalized spacial score (nSPS) is 17.4. The average Bonchev–Trinajstić information content (AvgIpc) is 2.70. The minimum atomic E-state index is -0.0773. The van der Waals surface area contributed by atoms with Gasteiger partial charge in [-0.05, 0) is 43.5 Å². The molecule has 2 aromatic rings. The Kier molecular flexibility index (Phi) is 3.37. The number of hydrogen-bond acceptors (Lipinski definition) is 1. The van der Waals surface area contributed by atoms with Crippen LogP contribution < -0.4 is 4.74 Å². The van der Waals surface area contributed by atoms with Gasteiger partial charge in [0.25, 0.3) is 0 Å². The first-order chi connectivity index (χ1) is 9.44. The van der Waals surface area contributed by atoms with Crippen molar-refractivity contribution in [1.82, 2.24) is 0 Å². The predicted octanol–water partition coefficient (Wildman–Crippen LogP) is 5.19. The van der Waals surface area contributed by atoms with E-state index in [-0.39, 0.29) is 10.4 Å². The van der Waals surface area contributed by atoms with Crippen molar-refractivity contribution in [3.63, 3.8) is 0 Å². The molecule has 0 amide bonds. The SMILES string of the molecule is Cc1cccc(C(Br)c2ccc3c(c2)CC(C)(C)O3)c1. The van der Waals surface area contributed by atoms with E-state index < -0.39 is 0 Å². The van der Waals surface area contributed by atoms with Crippen LogP contribution in [0.1, 0.15) is 40.9 Å². The van der Waals surface area contributed by atoms with Gasteiger partial charge in [0.15, 0.2) is 0 Å². The number of rotatable bonds is 2. The van der Waals surface area contributed by atoms with E-state index in [0.29, 0.717) is 0 Å². The van der Waals surface area contributed by atoms with E-state index in [0.717, 1.165) is 12.2 Å². The Morgan fingerprint density at radius 2 is 1.85 bits per heavy atom. The Balaban J connectivity index is 1.93. The lowest BCUT2D eigenvalue weighted by Crippen LogP contribution is -2.24. The minimum absolute atomic E-state index is 0.0773. The van der Waals surface area contributed by atoms with E-state index in [4.69, 9.17) is 4.74 Å². The van der Waals surface area contributed by atoms with Crippen LogP contribution in [0.2, 0.25) is 0 Å². The number of halogens is 1. The quantitative estimate of drug-likeness (QED) is 0.688. The van der Waals surface area contributed by atoms with E-state index in [9.17, 15) is 0 Å². The fourth-order valence-corrected chi connectivity index (χ4v) is 3.38. The molecule has 1 nitrogen and oxygen atoms in total. The smallest absolute Gasteiger partial charge is 0.123 e. The molecule has 2 aromatic carbocycles. The van der Waals surface area contributed by atoms with Crippen molar-refractivity contribution in [2.24, 2.45) is 0 Å². The number of ether oxygens (including phenoxy) is 1. The van der Waals surface area contributed by atoms with Gasteiger partial charge in [0.2, 0.25) is 0 Å². The van der Waals surface area contributed by atoms with E-state index in [1.165, 1.54) is 22.3 Å². The lowest BCUT2D eigenvalue weighted by molar-refractivity contribution is 0.138. The summed E-state index contributed by atoms with van der Waals surface area (Å²) in [5.74, 6) is 1.03. The third-order valence-electron chi connectivity index (χ3n) is 3.71. The Morgan fingerprint density at radius 1 is 1.10 bits per heavy atom. The maximum atomic E-state index is 5.94. The van der Waals surface area contributed by atoms with Gasteiger partial charge in [0.05, 0.1) is 4.83 Å². The Labute approximate surface area is 129 Å². The second-order valence-electron chi connectivity index (χ2n) is 6.18. The number of hydrogen-bond donors (Lipinski definition) is 0. The van der Waals surface area contributed by atoms with E-state index in [2.05, 4.69) is 79.2 Å². The molecule has 3 rings (SSSR count). The molecule has 1 heterocycles. The second-order valence-corrected chi connectivity index (χ2v) is 7.10. The van der Waals surface area contributed by atoms with Crippen molar-refractivity contribution in [2.45, 2.75) is 37.6 Å². The van der Waals surface area contributed by atoms with Crippen LogP contribution in [0, 0.1) is 6.92 Å². The van der Waals surface area contributed by atoms with E-state index in [1.807, 2.05) is 0 Å². The summed E-state index contributed by atoms with van der Waals surface area (Å²) in [6.07, 6.45) is 0.976. The Bertz CT molecular complexity index is 646. The Morgan fingerprint density at radius 3 is 2.60 bits per heavy atom. The summed E-state index contributed by atoms with van der Waals surface area (Å²) >= 11 is 3.82. The Hall–Kier alpha value is -1.28. The molecule has 0 saturated heterocycles. The van der Waals surface area contributed by atoms with Crippen LogP contribution in [0.15, 0.2) is 42.5 Å². The summed E-state index contributed by atoms with van der Waals surface area (Å²) in [6.45, 7) is 6.40. The molecule has 0 aromatic heterocycles. The molecule has 0 radical (unpaired) electrons. The molecule has 1 aliphatic heterocycles. The first kappa shape index (κ1) is 13.7. The van der Waals surface area contributed by atoms with Crippen LogP contribution >= 0.6 is 15.9 Å². The third-order valence-corrected chi connectivity index (χ3v) is 4.77. The summed E-state index contributed by atoms with van der Waals surface area (Å²) in [5.41, 5.74) is 5.10. The van der Waals surface area contributed by atoms with Crippen molar-refractivity contribution in [1.29, 1.82) is 0 Å². The summed E-state index contributed by atoms with van der Waals surface area (Å²) < 4.78 is 5.94. The van der Waals surface area contributed by atoms with Crippen LogP contribution in [-0.4, -0.2) is 5.60 Å². The van der Waals surface area contributed by atoms with Gasteiger partial charge in [0.1, 0.15) is 11.4 Å². The molecule has 1 aliphatic rings. The predicted molar refractivity (Wildman–Crippen MR) is 86.8 cm³/mol. The minimum Gasteiger partial charge on any atom is -0.487 e. The molecular weight excluding hydrogens is 312 g/mol. The van der Waals surface area contributed by atoms with Crippen LogP contribution in [0.5, 0.6) is 5.75 Å². The van der Waals surface area contributed by atoms with Crippen molar-refractivity contribution < 1.29 is 4.74 Å². The third kappa shape index (κ3) is 2.62. The first-order valence-electron chi connectivity index (χ1n) is 6.97. The van der Waals surface area contributed by atoms with Gasteiger partial charge in [-0.3, -0.25) is 0 Å². The molecule has 0 bridgehead atoms. The largest absolute Gasteiger partial charge is 0.487 e. The number of aryl methyl sites for hydroxylation is 1. The van der Waals surface area contributed by atoms with Gasteiger partial charge >= 0.3 is 0 Å². The van der Waals surface area contributed by atoms with Crippen LogP contribution in [-0.2, 0) is 6.42 Å². The maximum absolute atomic E-state index is 5.94. The highest BCUT2D eigenvalue weighted by molar-refractivity contribution is 9.09. The summed E-state index contributed by atoms with van der Waals surface area (Å²) in [6, 6.07) is 15.2. The van der Waals surface area contributed by atoms with Gasteiger partial charge in [-0.2, -0.15) is 0 Å². The van der Waals surface area contributed by atoms with Gasteiger partial charge in [-0.25, -0.2) is 0 Å². The van der Waals surface area contributed by atoms with Gasteiger partial charge in [-0.1, -0.05) is 57.9 Å². The topological polar surface area (TPSA) is 9.23 Å². The molecule has 0 spiro atoms. The molecule has 20 heavy (non-hydrogen) atoms. The highest BCUT2D eigenvalue weighted by Gasteiger charge is 2.30. The number of alkyl halides is 1. The molecular formula is C18H19BrO. The van der Waals surface area contributed by atoms with Gasteiger partial charge < -0.3 is 4.74 Å². The molecule has 0 fully saturated rings. The van der Waals surface area contributed by atoms with Crippen molar-refractivity contribution in [3.05, 3.63) is 64.7 Å². The van der Waals surface area contributed by atoms with Crippen LogP contribution in [0.3, 0.4) is 0 Å². The summed E-state index contributed by atoms with van der Waals surface area (Å²) in [5, 5.41) is 0.